The van der Waals surface area contributed by atoms with Crippen LogP contribution in [-0.2, 0) is 19.9 Å². The first-order valence-corrected chi connectivity index (χ1v) is 7.27. The molecule has 0 saturated heterocycles. The van der Waals surface area contributed by atoms with Crippen LogP contribution in [0.15, 0.2) is 30.3 Å². The lowest BCUT2D eigenvalue weighted by molar-refractivity contribution is -0.148. The average molecular weight is 291 g/mol. The Morgan fingerprint density at radius 1 is 1.33 bits per heavy atom. The van der Waals surface area contributed by atoms with Crippen molar-refractivity contribution in [2.24, 2.45) is 5.92 Å². The molecule has 1 aromatic rings. The summed E-state index contributed by atoms with van der Waals surface area (Å²) in [7, 11) is 0. The summed E-state index contributed by atoms with van der Waals surface area (Å²) in [6.07, 6.45) is 0.868. The molecule has 0 bridgehead atoms. The van der Waals surface area contributed by atoms with E-state index in [1.165, 1.54) is 0 Å². The second kappa shape index (κ2) is 6.26. The predicted octanol–water partition coefficient (Wildman–Crippen LogP) is 1.92. The highest BCUT2D eigenvalue weighted by Gasteiger charge is 2.48. The van der Waals surface area contributed by atoms with E-state index in [1.807, 2.05) is 13.0 Å². The smallest absolute Gasteiger partial charge is 0.334 e. The maximum Gasteiger partial charge on any atom is 0.334 e. The van der Waals surface area contributed by atoms with E-state index in [4.69, 9.17) is 4.74 Å². The largest absolute Gasteiger partial charge is 0.479 e. The van der Waals surface area contributed by atoms with Crippen molar-refractivity contribution in [1.29, 1.82) is 0 Å². The van der Waals surface area contributed by atoms with Crippen LogP contribution in [0.2, 0.25) is 0 Å². The Labute approximate surface area is 124 Å². The van der Waals surface area contributed by atoms with E-state index >= 15 is 0 Å². The van der Waals surface area contributed by atoms with Crippen LogP contribution >= 0.6 is 0 Å². The molecule has 1 aromatic carbocycles. The zero-order chi connectivity index (χ0) is 15.5. The first-order chi connectivity index (χ1) is 10.0. The first kappa shape index (κ1) is 15.5. The molecule has 2 N–H and O–H groups in total. The van der Waals surface area contributed by atoms with Gasteiger partial charge in [-0.3, -0.25) is 4.79 Å². The van der Waals surface area contributed by atoms with Crippen LogP contribution in [0, 0.1) is 5.92 Å². The fourth-order valence-electron chi connectivity index (χ4n) is 2.56. The van der Waals surface area contributed by atoms with E-state index < -0.39 is 11.5 Å². The van der Waals surface area contributed by atoms with Gasteiger partial charge in [-0.15, -0.1) is 0 Å². The monoisotopic (exact) mass is 291 g/mol. The van der Waals surface area contributed by atoms with Gasteiger partial charge in [0.1, 0.15) is 0 Å². The number of carbonyl (C=O) groups excluding carboxylic acids is 1. The summed E-state index contributed by atoms with van der Waals surface area (Å²) in [6, 6.07) is 8.82. The van der Waals surface area contributed by atoms with Crippen molar-refractivity contribution in [2.75, 3.05) is 6.61 Å². The molecule has 1 fully saturated rings. The van der Waals surface area contributed by atoms with Crippen molar-refractivity contribution in [1.82, 2.24) is 5.32 Å². The molecule has 5 nitrogen and oxygen atoms in total. The lowest BCUT2D eigenvalue weighted by Crippen LogP contribution is -2.52. The van der Waals surface area contributed by atoms with Crippen molar-refractivity contribution in [3.8, 4) is 0 Å². The number of ether oxygens (including phenoxy) is 1. The normalized spacial score (nSPS) is 23.1. The highest BCUT2D eigenvalue weighted by atomic mass is 16.5. The fraction of sp³-hybridized carbons (Fsp3) is 0.500. The Hall–Kier alpha value is -1.88. The highest BCUT2D eigenvalue weighted by molar-refractivity contribution is 5.90. The molecule has 2 rings (SSSR count). The van der Waals surface area contributed by atoms with Gasteiger partial charge >= 0.3 is 5.97 Å². The van der Waals surface area contributed by atoms with E-state index in [2.05, 4.69) is 5.32 Å². The quantitative estimate of drug-likeness (QED) is 0.804. The molecule has 21 heavy (non-hydrogen) atoms. The number of benzene rings is 1. The number of amides is 1. The van der Waals surface area contributed by atoms with Gasteiger partial charge in [0.2, 0.25) is 5.91 Å². The van der Waals surface area contributed by atoms with Crippen molar-refractivity contribution in [3.63, 3.8) is 0 Å². The third-order valence-corrected chi connectivity index (χ3v) is 3.95. The summed E-state index contributed by atoms with van der Waals surface area (Å²) in [4.78, 5) is 24.1. The zero-order valence-corrected chi connectivity index (χ0v) is 12.3. The third-order valence-electron chi connectivity index (χ3n) is 3.95. The van der Waals surface area contributed by atoms with E-state index in [9.17, 15) is 14.7 Å². The standard InChI is InChI=1S/C16H21NO4/c1-3-16(15(19)20,11-8-6-5-7-9-11)17-14(18)12-10-13(12)21-4-2/h5-9,12-13H,3-4,10H2,1-2H3,(H,17,18)(H,19,20). The molecule has 0 aromatic heterocycles. The van der Waals surface area contributed by atoms with Crippen LogP contribution < -0.4 is 5.32 Å². The van der Waals surface area contributed by atoms with Crippen LogP contribution in [0.1, 0.15) is 32.3 Å². The minimum atomic E-state index is -1.38. The molecule has 1 aliphatic carbocycles. The summed E-state index contributed by atoms with van der Waals surface area (Å²) in [5, 5.41) is 12.4. The summed E-state index contributed by atoms with van der Waals surface area (Å²) < 4.78 is 5.39. The number of carboxylic acid groups (broad SMARTS) is 1. The fourth-order valence-corrected chi connectivity index (χ4v) is 2.56. The van der Waals surface area contributed by atoms with E-state index in [1.54, 1.807) is 31.2 Å². The van der Waals surface area contributed by atoms with Crippen LogP contribution in [0.3, 0.4) is 0 Å². The Bertz CT molecular complexity index is 516. The average Bonchev–Trinajstić information content (AvgIpc) is 3.25. The lowest BCUT2D eigenvalue weighted by Gasteiger charge is -2.30. The molecule has 0 aliphatic heterocycles. The number of carbonyl (C=O) groups is 2. The Balaban J connectivity index is 2.18. The number of rotatable bonds is 7. The number of hydrogen-bond acceptors (Lipinski definition) is 3. The van der Waals surface area contributed by atoms with E-state index in [0.717, 1.165) is 0 Å². The first-order valence-electron chi connectivity index (χ1n) is 7.27. The van der Waals surface area contributed by atoms with Gasteiger partial charge in [0.15, 0.2) is 5.54 Å². The van der Waals surface area contributed by atoms with Gasteiger partial charge in [-0.2, -0.15) is 0 Å². The summed E-state index contributed by atoms with van der Waals surface area (Å²) in [6.45, 7) is 4.20. The highest BCUT2D eigenvalue weighted by Crippen LogP contribution is 2.35. The van der Waals surface area contributed by atoms with Crippen LogP contribution in [0.5, 0.6) is 0 Å². The Kier molecular flexibility index (Phi) is 4.63. The van der Waals surface area contributed by atoms with E-state index in [0.29, 0.717) is 18.6 Å². The zero-order valence-electron chi connectivity index (χ0n) is 12.3. The number of nitrogens with one attached hydrogen (secondary N) is 1. The van der Waals surface area contributed by atoms with Gasteiger partial charge in [0, 0.05) is 6.61 Å². The molecule has 0 radical (unpaired) electrons. The summed E-state index contributed by atoms with van der Waals surface area (Å²) in [5.74, 6) is -1.53. The number of hydrogen-bond donors (Lipinski definition) is 2. The molecular formula is C16H21NO4. The molecule has 3 atom stereocenters. The minimum absolute atomic E-state index is 0.0749. The topological polar surface area (TPSA) is 75.6 Å². The molecule has 114 valence electrons. The Morgan fingerprint density at radius 3 is 2.52 bits per heavy atom. The second-order valence-corrected chi connectivity index (χ2v) is 5.26. The van der Waals surface area contributed by atoms with Gasteiger partial charge in [0.25, 0.3) is 0 Å². The van der Waals surface area contributed by atoms with Crippen LogP contribution in [0.4, 0.5) is 0 Å². The Morgan fingerprint density at radius 2 is 2.00 bits per heavy atom. The SMILES string of the molecule is CCOC1CC1C(=O)NC(CC)(C(=O)O)c1ccccc1. The van der Waals surface area contributed by atoms with E-state index in [-0.39, 0.29) is 24.3 Å². The minimum Gasteiger partial charge on any atom is -0.479 e. The second-order valence-electron chi connectivity index (χ2n) is 5.26. The molecule has 3 unspecified atom stereocenters. The third kappa shape index (κ3) is 3.08. The number of carboxylic acids is 1. The maximum absolute atomic E-state index is 12.3. The van der Waals surface area contributed by atoms with Crippen LogP contribution in [0.25, 0.3) is 0 Å². The molecule has 0 heterocycles. The van der Waals surface area contributed by atoms with Crippen molar-refractivity contribution in [2.45, 2.75) is 38.3 Å². The maximum atomic E-state index is 12.3. The molecule has 0 spiro atoms. The van der Waals surface area contributed by atoms with Gasteiger partial charge in [0.05, 0.1) is 12.0 Å². The van der Waals surface area contributed by atoms with Crippen LogP contribution in [-0.4, -0.2) is 29.7 Å². The molecular weight excluding hydrogens is 270 g/mol. The molecule has 5 heteroatoms. The van der Waals surface area contributed by atoms with Crippen molar-refractivity contribution < 1.29 is 19.4 Å². The van der Waals surface area contributed by atoms with Gasteiger partial charge in [-0.1, -0.05) is 37.3 Å². The molecule has 1 saturated carbocycles. The van der Waals surface area contributed by atoms with Crippen molar-refractivity contribution >= 4 is 11.9 Å². The summed E-state index contributed by atoms with van der Waals surface area (Å²) in [5.41, 5.74) is -0.792. The molecule has 1 aliphatic rings. The van der Waals surface area contributed by atoms with Gasteiger partial charge in [-0.25, -0.2) is 4.79 Å². The van der Waals surface area contributed by atoms with Gasteiger partial charge in [-0.05, 0) is 25.3 Å². The van der Waals surface area contributed by atoms with Crippen molar-refractivity contribution in [3.05, 3.63) is 35.9 Å². The van der Waals surface area contributed by atoms with Gasteiger partial charge < -0.3 is 15.2 Å². The summed E-state index contributed by atoms with van der Waals surface area (Å²) >= 11 is 0. The molecule has 1 amide bonds. The number of aliphatic carboxylic acids is 1. The predicted molar refractivity (Wildman–Crippen MR) is 77.7 cm³/mol. The lowest BCUT2D eigenvalue weighted by atomic mass is 9.87.